The van der Waals surface area contributed by atoms with E-state index in [1.165, 1.54) is 31.0 Å². The van der Waals surface area contributed by atoms with Crippen molar-refractivity contribution < 1.29 is 17.9 Å². The second kappa shape index (κ2) is 6.67. The van der Waals surface area contributed by atoms with E-state index in [1.54, 1.807) is 19.2 Å². The van der Waals surface area contributed by atoms with Gasteiger partial charge in [0, 0.05) is 17.8 Å². The number of nitrogens with zero attached hydrogens (tertiary/aromatic N) is 2. The van der Waals surface area contributed by atoms with Crippen molar-refractivity contribution >= 4 is 5.82 Å². The zero-order valence-corrected chi connectivity index (χ0v) is 13.2. The molecule has 0 amide bonds. The predicted octanol–water partition coefficient (Wildman–Crippen LogP) is 4.71. The van der Waals surface area contributed by atoms with E-state index in [0.29, 0.717) is 28.8 Å². The molecule has 0 spiro atoms. The number of aromatic nitrogens is 2. The maximum atomic E-state index is 12.4. The summed E-state index contributed by atoms with van der Waals surface area (Å²) < 4.78 is 41.3. The Labute approximate surface area is 138 Å². The summed E-state index contributed by atoms with van der Waals surface area (Å²) in [6.45, 7) is 1.78. The van der Waals surface area contributed by atoms with E-state index in [9.17, 15) is 13.2 Å². The lowest BCUT2D eigenvalue weighted by Crippen LogP contribution is -2.17. The van der Waals surface area contributed by atoms with Crippen LogP contribution in [0.1, 0.15) is 31.5 Å². The molecule has 0 radical (unpaired) electrons. The van der Waals surface area contributed by atoms with E-state index >= 15 is 0 Å². The van der Waals surface area contributed by atoms with Gasteiger partial charge in [-0.3, -0.25) is 0 Å². The molecule has 1 heterocycles. The first-order valence-electron chi connectivity index (χ1n) is 7.87. The average Bonchev–Trinajstić information content (AvgIpc) is 2.99. The van der Waals surface area contributed by atoms with Crippen LogP contribution in [-0.4, -0.2) is 22.4 Å². The molecule has 1 aromatic carbocycles. The fraction of sp³-hybridized carbons (Fsp3) is 0.412. The summed E-state index contributed by atoms with van der Waals surface area (Å²) in [6, 6.07) is 6.21. The minimum absolute atomic E-state index is 0.257. The molecule has 1 fully saturated rings. The molecule has 1 aliphatic rings. The fourth-order valence-electron chi connectivity index (χ4n) is 2.92. The molecule has 0 atom stereocenters. The predicted molar refractivity (Wildman–Crippen MR) is 84.8 cm³/mol. The van der Waals surface area contributed by atoms with Crippen molar-refractivity contribution in [2.45, 2.75) is 45.0 Å². The van der Waals surface area contributed by atoms with Crippen LogP contribution in [0.4, 0.5) is 19.0 Å². The molecule has 0 unspecified atom stereocenters. The van der Waals surface area contributed by atoms with Gasteiger partial charge in [0.1, 0.15) is 17.4 Å². The summed E-state index contributed by atoms with van der Waals surface area (Å²) in [5, 5.41) is 3.40. The molecule has 0 saturated heterocycles. The number of halogens is 3. The number of anilines is 1. The van der Waals surface area contributed by atoms with Crippen molar-refractivity contribution in [1.29, 1.82) is 0 Å². The van der Waals surface area contributed by atoms with Crippen LogP contribution < -0.4 is 10.1 Å². The second-order valence-electron chi connectivity index (χ2n) is 5.88. The van der Waals surface area contributed by atoms with Crippen LogP contribution in [0, 0.1) is 6.92 Å². The maximum absolute atomic E-state index is 12.4. The summed E-state index contributed by atoms with van der Waals surface area (Å²) in [5.41, 5.74) is 1.25. The van der Waals surface area contributed by atoms with Gasteiger partial charge in [-0.1, -0.05) is 25.0 Å². The normalized spacial score (nSPS) is 15.5. The molecular weight excluding hydrogens is 319 g/mol. The van der Waals surface area contributed by atoms with Crippen LogP contribution in [0.3, 0.4) is 0 Å². The molecule has 1 saturated carbocycles. The summed E-state index contributed by atoms with van der Waals surface area (Å²) in [6.07, 6.45) is 1.40. The lowest BCUT2D eigenvalue weighted by molar-refractivity contribution is -0.274. The molecule has 128 valence electrons. The molecule has 7 heteroatoms. The number of alkyl halides is 3. The third kappa shape index (κ3) is 4.15. The van der Waals surface area contributed by atoms with Gasteiger partial charge in [-0.25, -0.2) is 9.97 Å². The van der Waals surface area contributed by atoms with Crippen molar-refractivity contribution in [2.75, 3.05) is 5.32 Å². The van der Waals surface area contributed by atoms with Crippen molar-refractivity contribution in [1.82, 2.24) is 9.97 Å². The molecule has 0 aliphatic heterocycles. The van der Waals surface area contributed by atoms with Gasteiger partial charge < -0.3 is 10.1 Å². The Morgan fingerprint density at radius 3 is 2.67 bits per heavy atom. The van der Waals surface area contributed by atoms with Gasteiger partial charge in [-0.15, -0.1) is 13.2 Å². The Morgan fingerprint density at radius 1 is 1.21 bits per heavy atom. The van der Waals surface area contributed by atoms with Crippen LogP contribution in [0.25, 0.3) is 11.1 Å². The third-order valence-electron chi connectivity index (χ3n) is 3.98. The highest BCUT2D eigenvalue weighted by molar-refractivity contribution is 5.75. The topological polar surface area (TPSA) is 47.0 Å². The highest BCUT2D eigenvalue weighted by Crippen LogP contribution is 2.32. The Bertz CT molecular complexity index is 712. The first-order chi connectivity index (χ1) is 11.4. The zero-order chi connectivity index (χ0) is 17.2. The smallest absolute Gasteiger partial charge is 0.406 e. The van der Waals surface area contributed by atoms with E-state index in [2.05, 4.69) is 20.0 Å². The first kappa shape index (κ1) is 16.5. The van der Waals surface area contributed by atoms with E-state index in [-0.39, 0.29) is 5.75 Å². The Balaban J connectivity index is 1.92. The molecular formula is C17H18F3N3O. The van der Waals surface area contributed by atoms with E-state index < -0.39 is 6.36 Å². The minimum atomic E-state index is -4.71. The standard InChI is InChI=1S/C17H18F3N3O/c1-11-21-10-15(16(22-11)23-13-6-2-3-7-13)12-5-4-8-14(9-12)24-17(18,19)20/h4-5,8-10,13H,2-3,6-7H2,1H3,(H,21,22,23). The molecule has 1 aliphatic carbocycles. The van der Waals surface area contributed by atoms with Crippen molar-refractivity contribution in [3.05, 3.63) is 36.3 Å². The number of hydrogen-bond acceptors (Lipinski definition) is 4. The lowest BCUT2D eigenvalue weighted by Gasteiger charge is -2.17. The summed E-state index contributed by atoms with van der Waals surface area (Å²) in [7, 11) is 0. The van der Waals surface area contributed by atoms with Gasteiger partial charge >= 0.3 is 6.36 Å². The van der Waals surface area contributed by atoms with Gasteiger partial charge in [0.05, 0.1) is 0 Å². The van der Waals surface area contributed by atoms with Crippen molar-refractivity contribution in [2.24, 2.45) is 0 Å². The molecule has 1 aromatic heterocycles. The Kier molecular flexibility index (Phi) is 4.59. The second-order valence-corrected chi connectivity index (χ2v) is 5.88. The fourth-order valence-corrected chi connectivity index (χ4v) is 2.92. The third-order valence-corrected chi connectivity index (χ3v) is 3.98. The monoisotopic (exact) mass is 337 g/mol. The van der Waals surface area contributed by atoms with Gasteiger partial charge in [0.2, 0.25) is 0 Å². The van der Waals surface area contributed by atoms with Gasteiger partial charge in [0.25, 0.3) is 0 Å². The number of ether oxygens (including phenoxy) is 1. The van der Waals surface area contributed by atoms with Crippen molar-refractivity contribution in [3.63, 3.8) is 0 Å². The van der Waals surface area contributed by atoms with E-state index in [1.807, 2.05) is 0 Å². The zero-order valence-electron chi connectivity index (χ0n) is 13.2. The van der Waals surface area contributed by atoms with Crippen molar-refractivity contribution in [3.8, 4) is 16.9 Å². The Hall–Kier alpha value is -2.31. The molecule has 0 bridgehead atoms. The van der Waals surface area contributed by atoms with Gasteiger partial charge in [0.15, 0.2) is 0 Å². The van der Waals surface area contributed by atoms with Crippen LogP contribution >= 0.6 is 0 Å². The molecule has 3 rings (SSSR count). The average molecular weight is 337 g/mol. The highest BCUT2D eigenvalue weighted by Gasteiger charge is 2.31. The molecule has 24 heavy (non-hydrogen) atoms. The van der Waals surface area contributed by atoms with Gasteiger partial charge in [-0.05, 0) is 37.5 Å². The SMILES string of the molecule is Cc1ncc(-c2cccc(OC(F)(F)F)c2)c(NC2CCCC2)n1. The number of nitrogens with one attached hydrogen (secondary N) is 1. The highest BCUT2D eigenvalue weighted by atomic mass is 19.4. The molecule has 2 aromatic rings. The lowest BCUT2D eigenvalue weighted by atomic mass is 10.1. The Morgan fingerprint density at radius 2 is 1.96 bits per heavy atom. The van der Waals surface area contributed by atoms with Crippen LogP contribution in [0.5, 0.6) is 5.75 Å². The quantitative estimate of drug-likeness (QED) is 0.878. The van der Waals surface area contributed by atoms with E-state index in [4.69, 9.17) is 0 Å². The summed E-state index contributed by atoms with van der Waals surface area (Å²) in [4.78, 5) is 8.61. The first-order valence-corrected chi connectivity index (χ1v) is 7.87. The maximum Gasteiger partial charge on any atom is 0.573 e. The van der Waals surface area contributed by atoms with Crippen LogP contribution in [0.15, 0.2) is 30.5 Å². The number of benzene rings is 1. The van der Waals surface area contributed by atoms with Crippen LogP contribution in [0.2, 0.25) is 0 Å². The largest absolute Gasteiger partial charge is 0.573 e. The van der Waals surface area contributed by atoms with E-state index in [0.717, 1.165) is 12.8 Å². The molecule has 4 nitrogen and oxygen atoms in total. The summed E-state index contributed by atoms with van der Waals surface area (Å²) in [5.74, 6) is 1.01. The number of hydrogen-bond donors (Lipinski definition) is 1. The van der Waals surface area contributed by atoms with Crippen LogP contribution in [-0.2, 0) is 0 Å². The number of rotatable bonds is 4. The minimum Gasteiger partial charge on any atom is -0.406 e. The number of aryl methyl sites for hydroxylation is 1. The van der Waals surface area contributed by atoms with Gasteiger partial charge in [-0.2, -0.15) is 0 Å². The molecule has 1 N–H and O–H groups in total. The summed E-state index contributed by atoms with van der Waals surface area (Å²) >= 11 is 0.